The van der Waals surface area contributed by atoms with Crippen LogP contribution >= 0.6 is 0 Å². The molecule has 3 unspecified atom stereocenters. The summed E-state index contributed by atoms with van der Waals surface area (Å²) in [5.74, 6) is -1.42. The maximum Gasteiger partial charge on any atom is 0.317 e. The lowest BCUT2D eigenvalue weighted by Gasteiger charge is -2.26. The molecular formula is C14H22O4. The Hall–Kier alpha value is -0.900. The second kappa shape index (κ2) is 5.83. The van der Waals surface area contributed by atoms with Crippen molar-refractivity contribution in [2.24, 2.45) is 11.8 Å². The van der Waals surface area contributed by atoms with Crippen molar-refractivity contribution in [3.05, 3.63) is 0 Å². The van der Waals surface area contributed by atoms with Crippen molar-refractivity contribution in [2.75, 3.05) is 0 Å². The molecule has 2 aliphatic rings. The van der Waals surface area contributed by atoms with Crippen LogP contribution in [0, 0.1) is 11.8 Å². The van der Waals surface area contributed by atoms with Crippen LogP contribution in [0.3, 0.4) is 0 Å². The molecule has 1 saturated carbocycles. The summed E-state index contributed by atoms with van der Waals surface area (Å²) in [6, 6.07) is 0. The van der Waals surface area contributed by atoms with Crippen LogP contribution in [-0.4, -0.2) is 24.1 Å². The number of ether oxygens (including phenoxy) is 2. The standard InChI is InChI=1S/C14H22O4/c1-9(17-11-6-4-3-5-7-11)8-12-10(2)13(15)18-14(12)16/h9-12H,3-8H2,1-2H3. The van der Waals surface area contributed by atoms with Gasteiger partial charge in [0.1, 0.15) is 0 Å². The lowest BCUT2D eigenvalue weighted by Crippen LogP contribution is -2.27. The zero-order valence-corrected chi connectivity index (χ0v) is 11.2. The van der Waals surface area contributed by atoms with Crippen LogP contribution in [0.5, 0.6) is 0 Å². The van der Waals surface area contributed by atoms with Gasteiger partial charge in [0.15, 0.2) is 0 Å². The molecule has 4 nitrogen and oxygen atoms in total. The molecule has 0 bridgehead atoms. The summed E-state index contributed by atoms with van der Waals surface area (Å²) in [7, 11) is 0. The van der Waals surface area contributed by atoms with E-state index >= 15 is 0 Å². The quantitative estimate of drug-likeness (QED) is 0.571. The highest BCUT2D eigenvalue weighted by molar-refractivity contribution is 5.96. The summed E-state index contributed by atoms with van der Waals surface area (Å²) in [5, 5.41) is 0. The van der Waals surface area contributed by atoms with Gasteiger partial charge in [0.05, 0.1) is 24.0 Å². The van der Waals surface area contributed by atoms with Crippen LogP contribution in [0.4, 0.5) is 0 Å². The van der Waals surface area contributed by atoms with Gasteiger partial charge in [-0.15, -0.1) is 0 Å². The van der Waals surface area contributed by atoms with E-state index in [2.05, 4.69) is 4.74 Å². The topological polar surface area (TPSA) is 52.6 Å². The Morgan fingerprint density at radius 2 is 1.89 bits per heavy atom. The molecule has 0 N–H and O–H groups in total. The Bertz CT molecular complexity index is 320. The number of carbonyl (C=O) groups is 2. The van der Waals surface area contributed by atoms with E-state index in [1.54, 1.807) is 6.92 Å². The zero-order valence-electron chi connectivity index (χ0n) is 11.2. The minimum absolute atomic E-state index is 0.0130. The third-order valence-corrected chi connectivity index (χ3v) is 4.04. The van der Waals surface area contributed by atoms with Crippen molar-refractivity contribution < 1.29 is 19.1 Å². The van der Waals surface area contributed by atoms with Crippen molar-refractivity contribution in [3.8, 4) is 0 Å². The molecule has 1 aliphatic heterocycles. The Balaban J connectivity index is 1.81. The van der Waals surface area contributed by atoms with Crippen molar-refractivity contribution >= 4 is 11.9 Å². The molecule has 1 heterocycles. The maximum atomic E-state index is 11.5. The largest absolute Gasteiger partial charge is 0.393 e. The minimum atomic E-state index is -0.394. The van der Waals surface area contributed by atoms with E-state index < -0.39 is 5.97 Å². The van der Waals surface area contributed by atoms with Gasteiger partial charge in [-0.2, -0.15) is 0 Å². The predicted octanol–water partition coefficient (Wildman–Crippen LogP) is 2.45. The van der Waals surface area contributed by atoms with Gasteiger partial charge in [-0.25, -0.2) is 0 Å². The van der Waals surface area contributed by atoms with E-state index in [4.69, 9.17) is 4.74 Å². The molecule has 4 heteroatoms. The number of hydrogen-bond acceptors (Lipinski definition) is 4. The fraction of sp³-hybridized carbons (Fsp3) is 0.857. The SMILES string of the molecule is CC(CC1C(=O)OC(=O)C1C)OC1CCCCC1. The summed E-state index contributed by atoms with van der Waals surface area (Å²) in [4.78, 5) is 22.8. The van der Waals surface area contributed by atoms with Gasteiger partial charge in [0.25, 0.3) is 0 Å². The van der Waals surface area contributed by atoms with E-state index in [9.17, 15) is 9.59 Å². The lowest BCUT2D eigenvalue weighted by molar-refractivity contribution is -0.154. The average molecular weight is 254 g/mol. The molecule has 0 aromatic rings. The van der Waals surface area contributed by atoms with Crippen molar-refractivity contribution in [2.45, 2.75) is 64.6 Å². The highest BCUT2D eigenvalue weighted by Crippen LogP contribution is 2.29. The molecule has 0 spiro atoms. The van der Waals surface area contributed by atoms with E-state index in [1.165, 1.54) is 19.3 Å². The second-order valence-electron chi connectivity index (χ2n) is 5.58. The fourth-order valence-corrected chi connectivity index (χ4v) is 2.88. The Morgan fingerprint density at radius 3 is 2.44 bits per heavy atom. The first-order valence-electron chi connectivity index (χ1n) is 6.99. The summed E-state index contributed by atoms with van der Waals surface area (Å²) in [5.41, 5.74) is 0. The van der Waals surface area contributed by atoms with E-state index in [0.717, 1.165) is 12.8 Å². The van der Waals surface area contributed by atoms with Gasteiger partial charge in [0, 0.05) is 0 Å². The van der Waals surface area contributed by atoms with Gasteiger partial charge in [0.2, 0.25) is 0 Å². The first-order chi connectivity index (χ1) is 8.58. The molecule has 0 radical (unpaired) electrons. The first kappa shape index (κ1) is 13.5. The molecule has 0 amide bonds. The summed E-state index contributed by atoms with van der Waals surface area (Å²) >= 11 is 0. The minimum Gasteiger partial charge on any atom is -0.393 e. The van der Waals surface area contributed by atoms with E-state index in [1.807, 2.05) is 6.92 Å². The molecular weight excluding hydrogens is 232 g/mol. The molecule has 1 saturated heterocycles. The van der Waals surface area contributed by atoms with Gasteiger partial charge >= 0.3 is 11.9 Å². The van der Waals surface area contributed by atoms with Gasteiger partial charge in [-0.05, 0) is 26.2 Å². The molecule has 0 aromatic heterocycles. The van der Waals surface area contributed by atoms with Gasteiger partial charge in [-0.3, -0.25) is 9.59 Å². The summed E-state index contributed by atoms with van der Waals surface area (Å²) in [6.45, 7) is 3.74. The molecule has 1 aliphatic carbocycles. The highest BCUT2D eigenvalue weighted by atomic mass is 16.6. The number of rotatable bonds is 4. The number of carbonyl (C=O) groups excluding carboxylic acids is 2. The Kier molecular flexibility index (Phi) is 4.38. The maximum absolute atomic E-state index is 11.5. The summed E-state index contributed by atoms with van der Waals surface area (Å²) in [6.07, 6.45) is 6.94. The Morgan fingerprint density at radius 1 is 1.22 bits per heavy atom. The lowest BCUT2D eigenvalue weighted by atomic mass is 9.91. The predicted molar refractivity (Wildman–Crippen MR) is 65.8 cm³/mol. The van der Waals surface area contributed by atoms with Crippen LogP contribution in [0.15, 0.2) is 0 Å². The molecule has 102 valence electrons. The zero-order chi connectivity index (χ0) is 13.1. The van der Waals surface area contributed by atoms with Gasteiger partial charge < -0.3 is 9.47 Å². The fourth-order valence-electron chi connectivity index (χ4n) is 2.88. The first-order valence-corrected chi connectivity index (χ1v) is 6.99. The summed E-state index contributed by atoms with van der Waals surface area (Å²) < 4.78 is 10.6. The number of hydrogen-bond donors (Lipinski definition) is 0. The number of cyclic esters (lactones) is 2. The average Bonchev–Trinajstić information content (AvgIpc) is 2.57. The smallest absolute Gasteiger partial charge is 0.317 e. The molecule has 3 atom stereocenters. The van der Waals surface area contributed by atoms with Gasteiger partial charge in [-0.1, -0.05) is 26.2 Å². The normalized spacial score (nSPS) is 31.4. The highest BCUT2D eigenvalue weighted by Gasteiger charge is 2.42. The van der Waals surface area contributed by atoms with Crippen molar-refractivity contribution in [3.63, 3.8) is 0 Å². The second-order valence-corrected chi connectivity index (χ2v) is 5.58. The third kappa shape index (κ3) is 3.10. The number of esters is 2. The molecule has 0 aromatic carbocycles. The monoisotopic (exact) mass is 254 g/mol. The third-order valence-electron chi connectivity index (χ3n) is 4.04. The van der Waals surface area contributed by atoms with Crippen molar-refractivity contribution in [1.29, 1.82) is 0 Å². The van der Waals surface area contributed by atoms with E-state index in [-0.39, 0.29) is 23.9 Å². The molecule has 2 fully saturated rings. The van der Waals surface area contributed by atoms with Crippen LogP contribution in [0.1, 0.15) is 52.4 Å². The Labute approximate surface area is 108 Å². The van der Waals surface area contributed by atoms with Crippen LogP contribution in [0.2, 0.25) is 0 Å². The molecule has 18 heavy (non-hydrogen) atoms. The van der Waals surface area contributed by atoms with Crippen LogP contribution in [0.25, 0.3) is 0 Å². The molecule has 2 rings (SSSR count). The van der Waals surface area contributed by atoms with Crippen LogP contribution < -0.4 is 0 Å². The van der Waals surface area contributed by atoms with Crippen molar-refractivity contribution in [1.82, 2.24) is 0 Å². The van der Waals surface area contributed by atoms with E-state index in [0.29, 0.717) is 12.5 Å². The van der Waals surface area contributed by atoms with Crippen LogP contribution in [-0.2, 0) is 19.1 Å².